The third kappa shape index (κ3) is 3.31. The van der Waals surface area contributed by atoms with Crippen LogP contribution in [0.25, 0.3) is 10.9 Å². The van der Waals surface area contributed by atoms with E-state index in [0.29, 0.717) is 11.9 Å². The summed E-state index contributed by atoms with van der Waals surface area (Å²) in [6.45, 7) is 6.55. The summed E-state index contributed by atoms with van der Waals surface area (Å²) in [5, 5.41) is 0.453. The molecule has 1 heterocycles. The summed E-state index contributed by atoms with van der Waals surface area (Å²) in [7, 11) is -3.87. The Morgan fingerprint density at radius 1 is 0.962 bits per heavy atom. The van der Waals surface area contributed by atoms with Crippen LogP contribution in [0.5, 0.6) is 0 Å². The number of hydrogen-bond donors (Lipinski definition) is 0. The van der Waals surface area contributed by atoms with Gasteiger partial charge in [0.05, 0.1) is 10.4 Å². The molecule has 4 nitrogen and oxygen atoms in total. The molecule has 26 heavy (non-hydrogen) atoms. The monoisotopic (exact) mass is 369 g/mol. The minimum absolute atomic E-state index is 0.147. The number of pyridine rings is 1. The summed E-state index contributed by atoms with van der Waals surface area (Å²) in [4.78, 5) is 13.0. The number of unbranched alkanes of at least 4 members (excludes halogenated alkanes) is 1. The standard InChI is InChI=1S/C21H23NO3S/c1-4-5-12-22-14-20(21(23)18-13-16(3)8-11-19(18)22)26(24,25)17-9-6-15(2)7-10-17/h6-11,13-14H,4-5,12H2,1-3H3. The molecule has 3 rings (SSSR count). The molecule has 0 N–H and O–H groups in total. The molecule has 0 atom stereocenters. The van der Waals surface area contributed by atoms with E-state index in [1.54, 1.807) is 30.3 Å². The van der Waals surface area contributed by atoms with Crippen LogP contribution in [0.4, 0.5) is 0 Å². The maximum atomic E-state index is 13.1. The molecule has 0 amide bonds. The molecule has 0 bridgehead atoms. The van der Waals surface area contributed by atoms with Gasteiger partial charge in [0.25, 0.3) is 0 Å². The third-order valence-electron chi connectivity index (χ3n) is 4.58. The van der Waals surface area contributed by atoms with Gasteiger partial charge in [-0.3, -0.25) is 4.79 Å². The molecule has 1 aromatic heterocycles. The molecule has 0 unspecified atom stereocenters. The average molecular weight is 369 g/mol. The zero-order valence-corrected chi connectivity index (χ0v) is 16.1. The van der Waals surface area contributed by atoms with Gasteiger partial charge < -0.3 is 4.57 Å². The molecule has 5 heteroatoms. The van der Waals surface area contributed by atoms with Crippen molar-refractivity contribution in [2.24, 2.45) is 0 Å². The topological polar surface area (TPSA) is 56.1 Å². The zero-order chi connectivity index (χ0) is 18.9. The SMILES string of the molecule is CCCCn1cc(S(=O)(=O)c2ccc(C)cc2)c(=O)c2cc(C)ccc21. The minimum Gasteiger partial charge on any atom is -0.346 e. The highest BCUT2D eigenvalue weighted by molar-refractivity contribution is 7.91. The molecular weight excluding hydrogens is 346 g/mol. The molecule has 136 valence electrons. The second-order valence-corrected chi connectivity index (χ2v) is 8.62. The van der Waals surface area contributed by atoms with Crippen LogP contribution in [0.15, 0.2) is 63.2 Å². The normalized spacial score (nSPS) is 11.8. The van der Waals surface area contributed by atoms with Gasteiger partial charge in [-0.05, 0) is 44.5 Å². The van der Waals surface area contributed by atoms with E-state index in [2.05, 4.69) is 6.92 Å². The summed E-state index contributed by atoms with van der Waals surface area (Å²) in [6, 6.07) is 12.2. The maximum absolute atomic E-state index is 13.1. The van der Waals surface area contributed by atoms with Gasteiger partial charge in [-0.2, -0.15) is 0 Å². The Balaban J connectivity index is 2.30. The molecule has 0 aliphatic carbocycles. The average Bonchev–Trinajstić information content (AvgIpc) is 2.61. The van der Waals surface area contributed by atoms with Crippen LogP contribution in [0.1, 0.15) is 30.9 Å². The van der Waals surface area contributed by atoms with Crippen molar-refractivity contribution < 1.29 is 8.42 Å². The summed E-state index contributed by atoms with van der Waals surface area (Å²) in [5.74, 6) is 0. The lowest BCUT2D eigenvalue weighted by Gasteiger charge is -2.14. The summed E-state index contributed by atoms with van der Waals surface area (Å²) in [5.41, 5.74) is 2.24. The Morgan fingerprint density at radius 3 is 2.27 bits per heavy atom. The summed E-state index contributed by atoms with van der Waals surface area (Å²) >= 11 is 0. The number of rotatable bonds is 5. The fourth-order valence-electron chi connectivity index (χ4n) is 3.03. The van der Waals surface area contributed by atoms with Crippen molar-refractivity contribution in [3.05, 3.63) is 70.0 Å². The number of fused-ring (bicyclic) bond motifs is 1. The highest BCUT2D eigenvalue weighted by atomic mass is 32.2. The van der Waals surface area contributed by atoms with Crippen LogP contribution >= 0.6 is 0 Å². The smallest absolute Gasteiger partial charge is 0.211 e. The van der Waals surface area contributed by atoms with Crippen molar-refractivity contribution in [2.45, 2.75) is 49.9 Å². The third-order valence-corrected chi connectivity index (χ3v) is 6.34. The van der Waals surface area contributed by atoms with Gasteiger partial charge in [-0.15, -0.1) is 0 Å². The Kier molecular flexibility index (Phi) is 5.01. The van der Waals surface area contributed by atoms with E-state index < -0.39 is 15.3 Å². The first kappa shape index (κ1) is 18.4. The fraction of sp³-hybridized carbons (Fsp3) is 0.286. The first-order chi connectivity index (χ1) is 12.3. The van der Waals surface area contributed by atoms with E-state index >= 15 is 0 Å². The fourth-order valence-corrected chi connectivity index (χ4v) is 4.40. The van der Waals surface area contributed by atoms with Crippen LogP contribution in [0, 0.1) is 13.8 Å². The Morgan fingerprint density at radius 2 is 1.62 bits per heavy atom. The zero-order valence-electron chi connectivity index (χ0n) is 15.3. The molecule has 0 fully saturated rings. The molecule has 0 aliphatic rings. The highest BCUT2D eigenvalue weighted by Crippen LogP contribution is 2.22. The number of nitrogens with zero attached hydrogens (tertiary/aromatic N) is 1. The van der Waals surface area contributed by atoms with Crippen LogP contribution in [-0.4, -0.2) is 13.0 Å². The van der Waals surface area contributed by atoms with Gasteiger partial charge in [0.1, 0.15) is 4.90 Å². The van der Waals surface area contributed by atoms with Crippen molar-refractivity contribution >= 4 is 20.7 Å². The van der Waals surface area contributed by atoms with Gasteiger partial charge in [-0.25, -0.2) is 8.42 Å². The first-order valence-corrected chi connectivity index (χ1v) is 10.3. The largest absolute Gasteiger partial charge is 0.346 e. The predicted molar refractivity (Wildman–Crippen MR) is 104 cm³/mol. The van der Waals surface area contributed by atoms with Crippen LogP contribution in [0.3, 0.4) is 0 Å². The van der Waals surface area contributed by atoms with E-state index in [1.165, 1.54) is 6.20 Å². The number of hydrogen-bond acceptors (Lipinski definition) is 3. The van der Waals surface area contributed by atoms with Crippen molar-refractivity contribution in [3.63, 3.8) is 0 Å². The van der Waals surface area contributed by atoms with Crippen molar-refractivity contribution in [3.8, 4) is 0 Å². The van der Waals surface area contributed by atoms with Gasteiger partial charge in [0.15, 0.2) is 0 Å². The summed E-state index contributed by atoms with van der Waals surface area (Å²) in [6.07, 6.45) is 3.40. The molecular formula is C21H23NO3S. The van der Waals surface area contributed by atoms with Gasteiger partial charge in [-0.1, -0.05) is 42.7 Å². The van der Waals surface area contributed by atoms with Crippen molar-refractivity contribution in [1.82, 2.24) is 4.57 Å². The quantitative estimate of drug-likeness (QED) is 0.675. The molecule has 0 radical (unpaired) electrons. The van der Waals surface area contributed by atoms with E-state index in [4.69, 9.17) is 0 Å². The first-order valence-electron chi connectivity index (χ1n) is 8.80. The lowest BCUT2D eigenvalue weighted by molar-refractivity contribution is 0.591. The maximum Gasteiger partial charge on any atom is 0.211 e. The molecule has 0 aliphatic heterocycles. The lowest BCUT2D eigenvalue weighted by Crippen LogP contribution is -2.19. The number of sulfone groups is 1. The highest BCUT2D eigenvalue weighted by Gasteiger charge is 2.23. The number of aromatic nitrogens is 1. The molecule has 0 spiro atoms. The summed E-state index contributed by atoms with van der Waals surface area (Å²) < 4.78 is 28.1. The minimum atomic E-state index is -3.87. The van der Waals surface area contributed by atoms with E-state index in [1.807, 2.05) is 30.5 Å². The molecule has 0 saturated heterocycles. The van der Waals surface area contributed by atoms with Crippen molar-refractivity contribution in [2.75, 3.05) is 0 Å². The Labute approximate surface area is 154 Å². The van der Waals surface area contributed by atoms with E-state index in [9.17, 15) is 13.2 Å². The second-order valence-electron chi connectivity index (χ2n) is 6.71. The number of aryl methyl sites for hydroxylation is 3. The van der Waals surface area contributed by atoms with Crippen LogP contribution < -0.4 is 5.43 Å². The molecule has 3 aromatic rings. The Bertz CT molecular complexity index is 1110. The lowest BCUT2D eigenvalue weighted by atomic mass is 10.1. The Hall–Kier alpha value is -2.40. The van der Waals surface area contributed by atoms with Gasteiger partial charge >= 0.3 is 0 Å². The van der Waals surface area contributed by atoms with E-state index in [0.717, 1.165) is 29.5 Å². The molecule has 2 aromatic carbocycles. The molecule has 0 saturated carbocycles. The predicted octanol–water partition coefficient (Wildman–Crippen LogP) is 4.25. The van der Waals surface area contributed by atoms with Crippen molar-refractivity contribution in [1.29, 1.82) is 0 Å². The van der Waals surface area contributed by atoms with Crippen LogP contribution in [0.2, 0.25) is 0 Å². The second kappa shape index (κ2) is 7.08. The number of benzene rings is 2. The van der Waals surface area contributed by atoms with Gasteiger partial charge in [0.2, 0.25) is 15.3 Å². The van der Waals surface area contributed by atoms with Gasteiger partial charge in [0, 0.05) is 18.1 Å². The van der Waals surface area contributed by atoms with E-state index in [-0.39, 0.29) is 9.79 Å². The van der Waals surface area contributed by atoms with Crippen LogP contribution in [-0.2, 0) is 16.4 Å².